The van der Waals surface area contributed by atoms with Crippen LogP contribution in [0.5, 0.6) is 0 Å². The Balaban J connectivity index is 0.00000137. The van der Waals surface area contributed by atoms with E-state index in [-0.39, 0.29) is 18.4 Å². The number of carbonyl (C=O) groups is 2. The quantitative estimate of drug-likeness (QED) is 0.743. The maximum atomic E-state index is 11.5. The van der Waals surface area contributed by atoms with Gasteiger partial charge in [-0.3, -0.25) is 14.5 Å². The van der Waals surface area contributed by atoms with Crippen LogP contribution in [0.4, 0.5) is 0 Å². The summed E-state index contributed by atoms with van der Waals surface area (Å²) in [6, 6.07) is 0. The molecule has 0 bridgehead atoms. The molecule has 1 fully saturated rings. The maximum absolute atomic E-state index is 11.5. The van der Waals surface area contributed by atoms with E-state index in [1.807, 2.05) is 18.7 Å². The monoisotopic (exact) mass is 259 g/mol. The number of hydrogen-bond donors (Lipinski definition) is 1. The highest BCUT2D eigenvalue weighted by Gasteiger charge is 2.21. The van der Waals surface area contributed by atoms with Gasteiger partial charge in [-0.25, -0.2) is 0 Å². The summed E-state index contributed by atoms with van der Waals surface area (Å²) in [6.07, 6.45) is 0. The fourth-order valence-electron chi connectivity index (χ4n) is 1.65. The lowest BCUT2D eigenvalue weighted by atomic mass is 10.3. The smallest absolute Gasteiger partial charge is 0.248 e. The topological polar surface area (TPSA) is 61.9 Å². The lowest BCUT2D eigenvalue weighted by Gasteiger charge is -2.34. The molecule has 6 nitrogen and oxygen atoms in total. The fourth-order valence-corrected chi connectivity index (χ4v) is 1.65. The molecule has 0 aliphatic carbocycles. The summed E-state index contributed by atoms with van der Waals surface area (Å²) in [5.74, 6) is 0.0266. The number of nitrogens with zero attached hydrogens (tertiary/aromatic N) is 2. The maximum Gasteiger partial charge on any atom is 0.248 e. The van der Waals surface area contributed by atoms with E-state index in [9.17, 15) is 9.59 Å². The third-order valence-corrected chi connectivity index (χ3v) is 2.64. The molecular formula is C12H25N3O3. The normalized spacial score (nSPS) is 15.7. The molecule has 0 unspecified atom stereocenters. The lowest BCUT2D eigenvalue weighted by molar-refractivity contribution is -0.137. The Morgan fingerprint density at radius 2 is 1.72 bits per heavy atom. The Bertz CT molecular complexity index is 251. The summed E-state index contributed by atoms with van der Waals surface area (Å²) < 4.78 is 4.80. The van der Waals surface area contributed by atoms with Gasteiger partial charge in [0.2, 0.25) is 11.8 Å². The molecule has 1 saturated heterocycles. The first-order valence-corrected chi connectivity index (χ1v) is 6.37. The van der Waals surface area contributed by atoms with Crippen molar-refractivity contribution < 1.29 is 14.3 Å². The predicted molar refractivity (Wildman–Crippen MR) is 70.3 cm³/mol. The molecule has 0 aromatic carbocycles. The number of likely N-dealkylation sites (N-methyl/N-ethyl adjacent to an activating group) is 1. The number of methoxy groups -OCH3 is 1. The zero-order chi connectivity index (χ0) is 14.0. The Hall–Kier alpha value is -1.14. The van der Waals surface area contributed by atoms with Crippen molar-refractivity contribution in [3.05, 3.63) is 0 Å². The third-order valence-electron chi connectivity index (χ3n) is 2.64. The third kappa shape index (κ3) is 5.97. The zero-order valence-corrected chi connectivity index (χ0v) is 11.9. The van der Waals surface area contributed by atoms with Crippen LogP contribution < -0.4 is 5.32 Å². The van der Waals surface area contributed by atoms with E-state index in [4.69, 9.17) is 4.74 Å². The molecule has 18 heavy (non-hydrogen) atoms. The number of hydrogen-bond acceptors (Lipinski definition) is 4. The summed E-state index contributed by atoms with van der Waals surface area (Å²) in [7, 11) is 3.14. The lowest BCUT2D eigenvalue weighted by Crippen LogP contribution is -2.51. The van der Waals surface area contributed by atoms with Gasteiger partial charge in [0.1, 0.15) is 6.61 Å². The van der Waals surface area contributed by atoms with Gasteiger partial charge < -0.3 is 15.0 Å². The number of carbonyl (C=O) groups excluding carboxylic acids is 2. The van der Waals surface area contributed by atoms with Gasteiger partial charge in [-0.1, -0.05) is 13.8 Å². The van der Waals surface area contributed by atoms with Crippen molar-refractivity contribution in [2.24, 2.45) is 0 Å². The van der Waals surface area contributed by atoms with E-state index in [2.05, 4.69) is 5.32 Å². The fraction of sp³-hybridized carbons (Fsp3) is 0.833. The van der Waals surface area contributed by atoms with Crippen molar-refractivity contribution >= 4 is 11.8 Å². The van der Waals surface area contributed by atoms with E-state index in [0.29, 0.717) is 19.6 Å². The SMILES string of the molecule is CC.CNC(=O)CN1CCN(C(=O)COC)CC1. The highest BCUT2D eigenvalue weighted by atomic mass is 16.5. The van der Waals surface area contributed by atoms with E-state index >= 15 is 0 Å². The Kier molecular flexibility index (Phi) is 9.22. The molecular weight excluding hydrogens is 234 g/mol. The molecule has 1 heterocycles. The molecule has 6 heteroatoms. The van der Waals surface area contributed by atoms with Gasteiger partial charge in [0, 0.05) is 40.3 Å². The van der Waals surface area contributed by atoms with E-state index in [1.165, 1.54) is 7.11 Å². The van der Waals surface area contributed by atoms with Gasteiger partial charge in [-0.2, -0.15) is 0 Å². The first-order valence-electron chi connectivity index (χ1n) is 6.37. The average molecular weight is 259 g/mol. The van der Waals surface area contributed by atoms with Crippen LogP contribution in [0.25, 0.3) is 0 Å². The van der Waals surface area contributed by atoms with Crippen LogP contribution in [-0.2, 0) is 14.3 Å². The van der Waals surface area contributed by atoms with E-state index in [0.717, 1.165) is 13.1 Å². The molecule has 0 saturated carbocycles. The zero-order valence-electron chi connectivity index (χ0n) is 11.9. The number of piperazine rings is 1. The number of ether oxygens (including phenoxy) is 1. The van der Waals surface area contributed by atoms with Crippen molar-refractivity contribution in [2.75, 3.05) is 53.5 Å². The molecule has 1 rings (SSSR count). The summed E-state index contributed by atoms with van der Waals surface area (Å²) in [5.41, 5.74) is 0. The molecule has 0 spiro atoms. The molecule has 0 aromatic rings. The molecule has 1 aliphatic rings. The number of nitrogens with one attached hydrogen (secondary N) is 1. The largest absolute Gasteiger partial charge is 0.375 e. The number of rotatable bonds is 4. The van der Waals surface area contributed by atoms with Crippen LogP contribution >= 0.6 is 0 Å². The summed E-state index contributed by atoms with van der Waals surface area (Å²) >= 11 is 0. The van der Waals surface area contributed by atoms with Crippen LogP contribution in [0.15, 0.2) is 0 Å². The minimum Gasteiger partial charge on any atom is -0.375 e. The van der Waals surface area contributed by atoms with E-state index < -0.39 is 0 Å². The molecule has 1 N–H and O–H groups in total. The van der Waals surface area contributed by atoms with Crippen LogP contribution in [0, 0.1) is 0 Å². The Morgan fingerprint density at radius 1 is 1.17 bits per heavy atom. The van der Waals surface area contributed by atoms with Crippen LogP contribution in [0.1, 0.15) is 13.8 Å². The molecule has 0 radical (unpaired) electrons. The van der Waals surface area contributed by atoms with Gasteiger partial charge >= 0.3 is 0 Å². The second kappa shape index (κ2) is 9.85. The van der Waals surface area contributed by atoms with Gasteiger partial charge in [-0.05, 0) is 0 Å². The molecule has 106 valence electrons. The first kappa shape index (κ1) is 16.9. The van der Waals surface area contributed by atoms with Crippen LogP contribution in [-0.4, -0.2) is 75.1 Å². The van der Waals surface area contributed by atoms with Gasteiger partial charge in [-0.15, -0.1) is 0 Å². The second-order valence-corrected chi connectivity index (χ2v) is 3.76. The molecule has 2 amide bonds. The van der Waals surface area contributed by atoms with E-state index in [1.54, 1.807) is 11.9 Å². The minimum atomic E-state index is 0.0108. The van der Waals surface area contributed by atoms with Gasteiger partial charge in [0.25, 0.3) is 0 Å². The standard InChI is InChI=1S/C10H19N3O3.C2H6/c1-11-9(14)7-12-3-5-13(6-4-12)10(15)8-16-2;1-2/h3-8H2,1-2H3,(H,11,14);1-2H3. The molecule has 0 atom stereocenters. The predicted octanol–water partition coefficient (Wildman–Crippen LogP) is -0.451. The highest BCUT2D eigenvalue weighted by molar-refractivity contribution is 5.78. The van der Waals surface area contributed by atoms with Gasteiger partial charge in [0.15, 0.2) is 0 Å². The van der Waals surface area contributed by atoms with Crippen molar-refractivity contribution in [1.82, 2.24) is 15.1 Å². The van der Waals surface area contributed by atoms with Crippen molar-refractivity contribution in [1.29, 1.82) is 0 Å². The number of amides is 2. The summed E-state index contributed by atoms with van der Waals surface area (Å²) in [4.78, 5) is 26.4. The van der Waals surface area contributed by atoms with Crippen molar-refractivity contribution in [3.8, 4) is 0 Å². The first-order chi connectivity index (χ1) is 8.67. The van der Waals surface area contributed by atoms with Crippen LogP contribution in [0.3, 0.4) is 0 Å². The molecule has 1 aliphatic heterocycles. The molecule has 0 aromatic heterocycles. The second-order valence-electron chi connectivity index (χ2n) is 3.76. The Morgan fingerprint density at radius 3 is 2.17 bits per heavy atom. The minimum absolute atomic E-state index is 0.0108. The summed E-state index contributed by atoms with van der Waals surface area (Å²) in [5, 5.41) is 2.59. The van der Waals surface area contributed by atoms with Crippen molar-refractivity contribution in [2.45, 2.75) is 13.8 Å². The average Bonchev–Trinajstić information content (AvgIpc) is 2.42. The highest BCUT2D eigenvalue weighted by Crippen LogP contribution is 2.01. The summed E-state index contributed by atoms with van der Waals surface area (Å²) in [6.45, 7) is 7.35. The van der Waals surface area contributed by atoms with Crippen LogP contribution in [0.2, 0.25) is 0 Å². The van der Waals surface area contributed by atoms with Crippen molar-refractivity contribution in [3.63, 3.8) is 0 Å². The van der Waals surface area contributed by atoms with Gasteiger partial charge in [0.05, 0.1) is 6.54 Å². The Labute approximate surface area is 109 Å².